The van der Waals surface area contributed by atoms with Crippen molar-refractivity contribution in [2.24, 2.45) is 12.5 Å². The molecule has 5 nitrogen and oxygen atoms in total. The molecule has 1 aliphatic heterocycles. The second-order valence-corrected chi connectivity index (χ2v) is 8.02. The Bertz CT molecular complexity index is 1100. The van der Waals surface area contributed by atoms with E-state index in [2.05, 4.69) is 34.1 Å². The third kappa shape index (κ3) is 2.19. The molecule has 1 saturated heterocycles. The summed E-state index contributed by atoms with van der Waals surface area (Å²) in [7, 11) is 2.05. The van der Waals surface area contributed by atoms with Gasteiger partial charge in [-0.3, -0.25) is 9.59 Å². The van der Waals surface area contributed by atoms with E-state index < -0.39 is 11.4 Å². The maximum atomic E-state index is 12.4. The highest BCUT2D eigenvalue weighted by Crippen LogP contribution is 2.64. The highest BCUT2D eigenvalue weighted by molar-refractivity contribution is 5.90. The van der Waals surface area contributed by atoms with Gasteiger partial charge < -0.3 is 15.0 Å². The number of piperidine rings is 1. The van der Waals surface area contributed by atoms with Gasteiger partial charge in [0.25, 0.3) is 0 Å². The summed E-state index contributed by atoms with van der Waals surface area (Å²) in [6.45, 7) is 0. The van der Waals surface area contributed by atoms with Crippen molar-refractivity contribution < 1.29 is 14.7 Å². The fourth-order valence-electron chi connectivity index (χ4n) is 5.61. The van der Waals surface area contributed by atoms with Gasteiger partial charge >= 0.3 is 5.97 Å². The molecule has 1 aliphatic carbocycles. The number of carbonyl (C=O) groups is 2. The topological polar surface area (TPSA) is 71.3 Å². The lowest BCUT2D eigenvalue weighted by molar-refractivity contribution is -0.143. The summed E-state index contributed by atoms with van der Waals surface area (Å²) in [6, 6.07) is 18.0. The van der Waals surface area contributed by atoms with Crippen LogP contribution in [0.2, 0.25) is 0 Å². The Labute approximate surface area is 163 Å². The first-order valence-electron chi connectivity index (χ1n) is 9.66. The van der Waals surface area contributed by atoms with Gasteiger partial charge in [0.05, 0.1) is 12.5 Å². The van der Waals surface area contributed by atoms with Crippen LogP contribution in [0.5, 0.6) is 0 Å². The van der Waals surface area contributed by atoms with E-state index in [1.54, 1.807) is 0 Å². The monoisotopic (exact) mass is 374 g/mol. The third-order valence-electron chi connectivity index (χ3n) is 6.64. The molecule has 1 amide bonds. The lowest BCUT2D eigenvalue weighted by Gasteiger charge is -2.43. The van der Waals surface area contributed by atoms with E-state index in [0.29, 0.717) is 12.8 Å². The number of rotatable bonds is 3. The van der Waals surface area contributed by atoms with Gasteiger partial charge in [0.15, 0.2) is 0 Å². The molecule has 0 bridgehead atoms. The molecular formula is C23H22N2O3. The van der Waals surface area contributed by atoms with Crippen LogP contribution >= 0.6 is 0 Å². The minimum atomic E-state index is -0.820. The van der Waals surface area contributed by atoms with Crippen LogP contribution < -0.4 is 5.32 Å². The highest BCUT2D eigenvalue weighted by atomic mass is 16.4. The number of carbonyl (C=O) groups excluding carboxylic acids is 1. The Morgan fingerprint density at radius 2 is 1.89 bits per heavy atom. The van der Waals surface area contributed by atoms with Crippen LogP contribution in [0.15, 0.2) is 54.6 Å². The molecule has 1 fully saturated rings. The van der Waals surface area contributed by atoms with E-state index in [-0.39, 0.29) is 24.3 Å². The largest absolute Gasteiger partial charge is 0.481 e. The molecule has 0 unspecified atom stereocenters. The first kappa shape index (κ1) is 17.0. The SMILES string of the molecule is Cn1c2c(c3ccccc31)[C@@H]1NC(=O)CC[C@@]1(CC(=O)O)[C@H]2c1ccccc1. The van der Waals surface area contributed by atoms with Crippen molar-refractivity contribution in [2.45, 2.75) is 31.2 Å². The number of aliphatic carboxylic acids is 1. The predicted molar refractivity (Wildman–Crippen MR) is 106 cm³/mol. The molecule has 5 rings (SSSR count). The molecule has 142 valence electrons. The zero-order chi connectivity index (χ0) is 19.5. The molecule has 2 aliphatic rings. The molecule has 2 N–H and O–H groups in total. The number of hydrogen-bond acceptors (Lipinski definition) is 2. The highest BCUT2D eigenvalue weighted by Gasteiger charge is 2.58. The summed E-state index contributed by atoms with van der Waals surface area (Å²) in [5.41, 5.74) is 3.86. The van der Waals surface area contributed by atoms with E-state index >= 15 is 0 Å². The number of carboxylic acids is 1. The van der Waals surface area contributed by atoms with Gasteiger partial charge in [-0.15, -0.1) is 0 Å². The molecule has 3 aromatic rings. The second-order valence-electron chi connectivity index (χ2n) is 8.02. The summed E-state index contributed by atoms with van der Waals surface area (Å²) in [5.74, 6) is -0.902. The minimum absolute atomic E-state index is 0.00129. The number of fused-ring (bicyclic) bond motifs is 5. The Hall–Kier alpha value is -3.08. The van der Waals surface area contributed by atoms with Crippen LogP contribution in [0.4, 0.5) is 0 Å². The van der Waals surface area contributed by atoms with Crippen LogP contribution in [0, 0.1) is 5.41 Å². The van der Waals surface area contributed by atoms with Crippen molar-refractivity contribution in [3.05, 3.63) is 71.4 Å². The van der Waals surface area contributed by atoms with Gasteiger partial charge in [-0.25, -0.2) is 0 Å². The zero-order valence-corrected chi connectivity index (χ0v) is 15.7. The van der Waals surface area contributed by atoms with Crippen molar-refractivity contribution in [1.82, 2.24) is 9.88 Å². The maximum Gasteiger partial charge on any atom is 0.304 e. The summed E-state index contributed by atoms with van der Waals surface area (Å²) >= 11 is 0. The van der Waals surface area contributed by atoms with E-state index in [0.717, 1.165) is 27.7 Å². The Balaban J connectivity index is 1.85. The molecule has 0 spiro atoms. The molecule has 0 saturated carbocycles. The van der Waals surface area contributed by atoms with Crippen LogP contribution in [0.25, 0.3) is 10.9 Å². The summed E-state index contributed by atoms with van der Waals surface area (Å²) in [5, 5.41) is 14.1. The smallest absolute Gasteiger partial charge is 0.304 e. The number of aryl methyl sites for hydroxylation is 1. The van der Waals surface area contributed by atoms with Gasteiger partial charge in [-0.05, 0) is 18.1 Å². The van der Waals surface area contributed by atoms with E-state index in [1.807, 2.05) is 37.4 Å². The van der Waals surface area contributed by atoms with Crippen molar-refractivity contribution in [3.8, 4) is 0 Å². The molecule has 2 heterocycles. The summed E-state index contributed by atoms with van der Waals surface area (Å²) in [4.78, 5) is 24.3. The number of amides is 1. The lowest BCUT2D eigenvalue weighted by Crippen LogP contribution is -2.47. The van der Waals surface area contributed by atoms with Gasteiger partial charge in [0.1, 0.15) is 0 Å². The standard InChI is InChI=1S/C23H22N2O3/c1-25-16-10-6-5-9-15(16)19-21(25)20(14-7-3-2-4-8-14)23(13-18(27)28)12-11-17(26)24-22(19)23/h2-10,20,22H,11-13H2,1H3,(H,24,26)(H,27,28)/t20-,22-,23+/m0/s1. The van der Waals surface area contributed by atoms with E-state index in [9.17, 15) is 14.7 Å². The summed E-state index contributed by atoms with van der Waals surface area (Å²) < 4.78 is 2.19. The van der Waals surface area contributed by atoms with Crippen LogP contribution in [0.1, 0.15) is 48.0 Å². The number of nitrogens with one attached hydrogen (secondary N) is 1. The fraction of sp³-hybridized carbons (Fsp3) is 0.304. The van der Waals surface area contributed by atoms with E-state index in [4.69, 9.17) is 0 Å². The molecule has 0 radical (unpaired) electrons. The molecule has 28 heavy (non-hydrogen) atoms. The number of para-hydroxylation sites is 1. The fourth-order valence-corrected chi connectivity index (χ4v) is 5.61. The predicted octanol–water partition coefficient (Wildman–Crippen LogP) is 3.74. The van der Waals surface area contributed by atoms with Crippen LogP contribution in [-0.2, 0) is 16.6 Å². The van der Waals surface area contributed by atoms with Crippen molar-refractivity contribution >= 4 is 22.8 Å². The third-order valence-corrected chi connectivity index (χ3v) is 6.64. The first-order chi connectivity index (χ1) is 13.5. The average molecular weight is 374 g/mol. The van der Waals surface area contributed by atoms with Gasteiger partial charge in [0.2, 0.25) is 5.91 Å². The molecule has 2 aromatic carbocycles. The molecule has 3 atom stereocenters. The molecular weight excluding hydrogens is 352 g/mol. The quantitative estimate of drug-likeness (QED) is 0.734. The molecule has 1 aromatic heterocycles. The van der Waals surface area contributed by atoms with Gasteiger partial charge in [0, 0.05) is 47.0 Å². The van der Waals surface area contributed by atoms with Crippen molar-refractivity contribution in [3.63, 3.8) is 0 Å². The van der Waals surface area contributed by atoms with Crippen LogP contribution in [-0.4, -0.2) is 21.6 Å². The number of carboxylic acid groups (broad SMARTS) is 1. The zero-order valence-electron chi connectivity index (χ0n) is 15.7. The second kappa shape index (κ2) is 5.96. The Morgan fingerprint density at radius 3 is 2.64 bits per heavy atom. The Morgan fingerprint density at radius 1 is 1.18 bits per heavy atom. The number of aromatic nitrogens is 1. The normalized spacial score (nSPS) is 26.0. The maximum absolute atomic E-state index is 12.4. The number of nitrogens with zero attached hydrogens (tertiary/aromatic N) is 1. The van der Waals surface area contributed by atoms with Crippen molar-refractivity contribution in [2.75, 3.05) is 0 Å². The van der Waals surface area contributed by atoms with E-state index in [1.165, 1.54) is 0 Å². The van der Waals surface area contributed by atoms with Gasteiger partial charge in [-0.2, -0.15) is 0 Å². The average Bonchev–Trinajstić information content (AvgIpc) is 3.13. The first-order valence-corrected chi connectivity index (χ1v) is 9.66. The van der Waals surface area contributed by atoms with Crippen molar-refractivity contribution in [1.29, 1.82) is 0 Å². The van der Waals surface area contributed by atoms with Gasteiger partial charge in [-0.1, -0.05) is 48.5 Å². The minimum Gasteiger partial charge on any atom is -0.481 e. The van der Waals surface area contributed by atoms with Crippen LogP contribution in [0.3, 0.4) is 0 Å². The number of benzene rings is 2. The molecule has 5 heteroatoms. The Kier molecular flexibility index (Phi) is 3.63. The summed E-state index contributed by atoms with van der Waals surface area (Å²) in [6.07, 6.45) is 0.956. The lowest BCUT2D eigenvalue weighted by atomic mass is 9.64. The number of hydrogen-bond donors (Lipinski definition) is 2.